The van der Waals surface area contributed by atoms with Crippen LogP contribution in [0.3, 0.4) is 0 Å². The van der Waals surface area contributed by atoms with Crippen molar-refractivity contribution >= 4 is 11.6 Å². The zero-order chi connectivity index (χ0) is 11.3. The maximum absolute atomic E-state index is 11.2. The minimum absolute atomic E-state index is 0.0611. The summed E-state index contributed by atoms with van der Waals surface area (Å²) in [5.74, 6) is 0.407. The number of amides is 1. The van der Waals surface area contributed by atoms with E-state index in [1.54, 1.807) is 0 Å². The number of benzene rings is 1. The van der Waals surface area contributed by atoms with Crippen LogP contribution in [0.5, 0.6) is 0 Å². The van der Waals surface area contributed by atoms with Crippen LogP contribution in [0, 0.1) is 16.7 Å². The molecule has 2 atom stereocenters. The summed E-state index contributed by atoms with van der Waals surface area (Å²) in [6, 6.07) is 8.40. The van der Waals surface area contributed by atoms with E-state index < -0.39 is 0 Å². The highest BCUT2D eigenvalue weighted by Crippen LogP contribution is 2.58. The van der Waals surface area contributed by atoms with E-state index >= 15 is 0 Å². The molecule has 1 heterocycles. The fraction of sp³-hybridized carbons (Fsp3) is 0.385. The van der Waals surface area contributed by atoms with Crippen molar-refractivity contribution in [3.8, 4) is 6.07 Å². The highest BCUT2D eigenvalue weighted by Gasteiger charge is 2.51. The first-order valence-electron chi connectivity index (χ1n) is 5.46. The molecule has 1 aromatic rings. The van der Waals surface area contributed by atoms with Crippen LogP contribution in [-0.2, 0) is 11.2 Å². The third-order valence-electron chi connectivity index (χ3n) is 3.65. The molecule has 0 spiro atoms. The predicted molar refractivity (Wildman–Crippen MR) is 59.9 cm³/mol. The lowest BCUT2D eigenvalue weighted by Gasteiger charge is -2.04. The van der Waals surface area contributed by atoms with Crippen LogP contribution in [0.1, 0.15) is 30.4 Å². The van der Waals surface area contributed by atoms with Gasteiger partial charge in [-0.05, 0) is 30.5 Å². The highest BCUT2D eigenvalue weighted by molar-refractivity contribution is 5.99. The monoisotopic (exact) mass is 212 g/mol. The Morgan fingerprint density at radius 2 is 2.38 bits per heavy atom. The van der Waals surface area contributed by atoms with Gasteiger partial charge in [0.25, 0.3) is 0 Å². The van der Waals surface area contributed by atoms with Gasteiger partial charge in [0.05, 0.1) is 17.9 Å². The van der Waals surface area contributed by atoms with Gasteiger partial charge in [-0.15, -0.1) is 0 Å². The molecule has 16 heavy (non-hydrogen) atoms. The minimum atomic E-state index is -0.190. The summed E-state index contributed by atoms with van der Waals surface area (Å²) >= 11 is 0. The Morgan fingerprint density at radius 3 is 3.06 bits per heavy atom. The first kappa shape index (κ1) is 9.41. The Labute approximate surface area is 94.1 Å². The van der Waals surface area contributed by atoms with Gasteiger partial charge in [0.1, 0.15) is 0 Å². The first-order valence-corrected chi connectivity index (χ1v) is 5.46. The summed E-state index contributed by atoms with van der Waals surface area (Å²) in [4.78, 5) is 11.2. The number of nitriles is 1. The standard InChI is InChI=1S/C13H12N2O/c1-13(7-14)6-10(13)8-2-3-11-9(4-8)5-12(16)15-11/h2-4,10H,5-6H2,1H3,(H,15,16). The van der Waals surface area contributed by atoms with Gasteiger partial charge < -0.3 is 5.32 Å². The van der Waals surface area contributed by atoms with Gasteiger partial charge in [0.2, 0.25) is 5.91 Å². The third kappa shape index (κ3) is 1.23. The molecule has 3 nitrogen and oxygen atoms in total. The Morgan fingerprint density at radius 1 is 1.56 bits per heavy atom. The Kier molecular flexibility index (Phi) is 1.68. The van der Waals surface area contributed by atoms with E-state index in [2.05, 4.69) is 17.5 Å². The molecule has 1 fully saturated rings. The maximum atomic E-state index is 11.2. The summed E-state index contributed by atoms with van der Waals surface area (Å²) in [5.41, 5.74) is 2.99. The maximum Gasteiger partial charge on any atom is 0.228 e. The number of carbonyl (C=O) groups is 1. The molecule has 1 N–H and O–H groups in total. The van der Waals surface area contributed by atoms with Crippen molar-refractivity contribution in [2.24, 2.45) is 5.41 Å². The summed E-state index contributed by atoms with van der Waals surface area (Å²) < 4.78 is 0. The second kappa shape index (κ2) is 2.85. The number of fused-ring (bicyclic) bond motifs is 1. The molecule has 1 saturated carbocycles. The summed E-state index contributed by atoms with van der Waals surface area (Å²) in [5, 5.41) is 11.8. The number of rotatable bonds is 1. The van der Waals surface area contributed by atoms with Crippen molar-refractivity contribution in [2.45, 2.75) is 25.7 Å². The van der Waals surface area contributed by atoms with Gasteiger partial charge in [0.15, 0.2) is 0 Å². The van der Waals surface area contributed by atoms with E-state index in [0.717, 1.165) is 17.7 Å². The lowest BCUT2D eigenvalue weighted by molar-refractivity contribution is -0.115. The normalized spacial score (nSPS) is 30.5. The van der Waals surface area contributed by atoms with Gasteiger partial charge in [-0.1, -0.05) is 12.1 Å². The second-order valence-electron chi connectivity index (χ2n) is 4.93. The van der Waals surface area contributed by atoms with Crippen molar-refractivity contribution in [3.63, 3.8) is 0 Å². The van der Waals surface area contributed by atoms with E-state index in [1.807, 2.05) is 19.1 Å². The van der Waals surface area contributed by atoms with E-state index in [0.29, 0.717) is 12.3 Å². The van der Waals surface area contributed by atoms with Crippen molar-refractivity contribution in [1.82, 2.24) is 0 Å². The molecule has 3 heteroatoms. The first-order chi connectivity index (χ1) is 7.62. The van der Waals surface area contributed by atoms with Crippen LogP contribution < -0.4 is 5.32 Å². The van der Waals surface area contributed by atoms with Crippen LogP contribution in [0.25, 0.3) is 0 Å². The number of anilines is 1. The molecule has 3 rings (SSSR count). The van der Waals surface area contributed by atoms with E-state index in [4.69, 9.17) is 5.26 Å². The molecule has 0 bridgehead atoms. The fourth-order valence-electron chi connectivity index (χ4n) is 2.44. The Bertz CT molecular complexity index is 529. The van der Waals surface area contributed by atoms with Crippen molar-refractivity contribution in [2.75, 3.05) is 5.32 Å². The molecule has 0 saturated heterocycles. The number of nitrogens with one attached hydrogen (secondary N) is 1. The lowest BCUT2D eigenvalue weighted by Crippen LogP contribution is -2.03. The van der Waals surface area contributed by atoms with Crippen molar-refractivity contribution < 1.29 is 4.79 Å². The van der Waals surface area contributed by atoms with Crippen LogP contribution >= 0.6 is 0 Å². The average Bonchev–Trinajstić information content (AvgIpc) is 2.81. The predicted octanol–water partition coefficient (Wildman–Crippen LogP) is 2.20. The summed E-state index contributed by atoms with van der Waals surface area (Å²) in [6.07, 6.45) is 1.41. The van der Waals surface area contributed by atoms with Gasteiger partial charge in [-0.2, -0.15) is 5.26 Å². The third-order valence-corrected chi connectivity index (χ3v) is 3.65. The SMILES string of the molecule is CC1(C#N)CC1c1ccc2c(c1)CC(=O)N2. The Hall–Kier alpha value is -1.82. The smallest absolute Gasteiger partial charge is 0.228 e. The lowest BCUT2D eigenvalue weighted by atomic mass is 10.00. The molecular formula is C13H12N2O. The topological polar surface area (TPSA) is 52.9 Å². The molecule has 2 unspecified atom stereocenters. The van der Waals surface area contributed by atoms with Crippen molar-refractivity contribution in [1.29, 1.82) is 5.26 Å². The number of hydrogen-bond acceptors (Lipinski definition) is 2. The second-order valence-corrected chi connectivity index (χ2v) is 4.93. The van der Waals surface area contributed by atoms with Gasteiger partial charge in [0, 0.05) is 11.6 Å². The van der Waals surface area contributed by atoms with Crippen LogP contribution in [0.4, 0.5) is 5.69 Å². The molecule has 0 radical (unpaired) electrons. The number of carbonyl (C=O) groups excluding carboxylic acids is 1. The Balaban J connectivity index is 1.93. The molecule has 1 aliphatic carbocycles. The molecule has 80 valence electrons. The van der Waals surface area contributed by atoms with Gasteiger partial charge in [-0.3, -0.25) is 4.79 Å². The molecular weight excluding hydrogens is 200 g/mol. The van der Waals surface area contributed by atoms with Crippen molar-refractivity contribution in [3.05, 3.63) is 29.3 Å². The molecule has 1 aliphatic heterocycles. The van der Waals surface area contributed by atoms with Gasteiger partial charge >= 0.3 is 0 Å². The molecule has 0 aromatic heterocycles. The summed E-state index contributed by atoms with van der Waals surface area (Å²) in [6.45, 7) is 1.99. The summed E-state index contributed by atoms with van der Waals surface area (Å²) in [7, 11) is 0. The highest BCUT2D eigenvalue weighted by atomic mass is 16.1. The largest absolute Gasteiger partial charge is 0.326 e. The average molecular weight is 212 g/mol. The molecule has 1 amide bonds. The minimum Gasteiger partial charge on any atom is -0.326 e. The molecule has 2 aliphatic rings. The van der Waals surface area contributed by atoms with E-state index in [1.165, 1.54) is 5.56 Å². The fourth-order valence-corrected chi connectivity index (χ4v) is 2.44. The zero-order valence-corrected chi connectivity index (χ0v) is 9.08. The molecule has 1 aromatic carbocycles. The number of nitrogens with zero attached hydrogens (tertiary/aromatic N) is 1. The van der Waals surface area contributed by atoms with Crippen LogP contribution in [-0.4, -0.2) is 5.91 Å². The van der Waals surface area contributed by atoms with Crippen LogP contribution in [0.15, 0.2) is 18.2 Å². The van der Waals surface area contributed by atoms with E-state index in [-0.39, 0.29) is 11.3 Å². The van der Waals surface area contributed by atoms with E-state index in [9.17, 15) is 4.79 Å². The number of hydrogen-bond donors (Lipinski definition) is 1. The quantitative estimate of drug-likeness (QED) is 0.775. The zero-order valence-electron chi connectivity index (χ0n) is 9.08. The van der Waals surface area contributed by atoms with Crippen LogP contribution in [0.2, 0.25) is 0 Å². The van der Waals surface area contributed by atoms with Gasteiger partial charge in [-0.25, -0.2) is 0 Å².